The molecule has 0 aliphatic carbocycles. The van der Waals surface area contributed by atoms with Gasteiger partial charge in [0.15, 0.2) is 0 Å². The number of carbonyl (C=O) groups excluding carboxylic acids is 1. The molecule has 2 heterocycles. The fourth-order valence-corrected chi connectivity index (χ4v) is 2.98. The minimum Gasteiger partial charge on any atom is -0.481 e. The Labute approximate surface area is 116 Å². The van der Waals surface area contributed by atoms with Gasteiger partial charge >= 0.3 is 5.97 Å². The van der Waals surface area contributed by atoms with Crippen molar-refractivity contribution in [2.45, 2.75) is 19.4 Å². The molecule has 1 aliphatic rings. The Morgan fingerprint density at radius 3 is 2.85 bits per heavy atom. The first-order valence-electron chi connectivity index (χ1n) is 6.69. The fourth-order valence-electron chi connectivity index (χ4n) is 2.98. The molecule has 1 saturated heterocycles. The number of likely N-dealkylation sites (tertiary alicyclic amines) is 1. The molecule has 0 radical (unpaired) electrons. The smallest absolute Gasteiger partial charge is 0.308 e. The van der Waals surface area contributed by atoms with Gasteiger partial charge in [-0.05, 0) is 31.5 Å². The lowest BCUT2D eigenvalue weighted by molar-refractivity contribution is -0.142. The lowest BCUT2D eigenvalue weighted by Gasteiger charge is -2.23. The van der Waals surface area contributed by atoms with Gasteiger partial charge in [-0.3, -0.25) is 9.59 Å². The van der Waals surface area contributed by atoms with Crippen molar-refractivity contribution in [2.75, 3.05) is 6.54 Å². The molecule has 1 aromatic carbocycles. The van der Waals surface area contributed by atoms with Gasteiger partial charge in [-0.25, -0.2) is 0 Å². The number of H-pyrrole nitrogens is 1. The number of benzene rings is 1. The number of carboxylic acid groups (broad SMARTS) is 1. The van der Waals surface area contributed by atoms with Crippen LogP contribution in [0.1, 0.15) is 23.7 Å². The van der Waals surface area contributed by atoms with Crippen LogP contribution in [-0.4, -0.2) is 39.5 Å². The minimum absolute atomic E-state index is 0.0912. The second-order valence-corrected chi connectivity index (χ2v) is 5.22. The summed E-state index contributed by atoms with van der Waals surface area (Å²) in [6.45, 7) is 2.30. The van der Waals surface area contributed by atoms with Crippen LogP contribution < -0.4 is 0 Å². The van der Waals surface area contributed by atoms with Gasteiger partial charge in [0, 0.05) is 35.2 Å². The molecule has 2 N–H and O–H groups in total. The molecule has 3 rings (SSSR count). The molecular weight excluding hydrogens is 256 g/mol. The van der Waals surface area contributed by atoms with E-state index in [1.54, 1.807) is 24.1 Å². The molecule has 0 saturated carbocycles. The molecule has 5 heteroatoms. The lowest BCUT2D eigenvalue weighted by atomic mass is 10.0. The van der Waals surface area contributed by atoms with Crippen LogP contribution in [0.3, 0.4) is 0 Å². The second-order valence-electron chi connectivity index (χ2n) is 5.22. The first kappa shape index (κ1) is 12.7. The van der Waals surface area contributed by atoms with Crippen LogP contribution in [0.4, 0.5) is 0 Å². The van der Waals surface area contributed by atoms with Crippen molar-refractivity contribution in [1.82, 2.24) is 9.88 Å². The highest BCUT2D eigenvalue weighted by atomic mass is 16.4. The third-order valence-electron chi connectivity index (χ3n) is 4.16. The number of carbonyl (C=O) groups is 2. The summed E-state index contributed by atoms with van der Waals surface area (Å²) in [5, 5.41) is 10.0. The molecule has 2 atom stereocenters. The summed E-state index contributed by atoms with van der Waals surface area (Å²) in [5.41, 5.74) is 1.54. The minimum atomic E-state index is -0.826. The highest BCUT2D eigenvalue weighted by Crippen LogP contribution is 2.28. The van der Waals surface area contributed by atoms with E-state index in [2.05, 4.69) is 4.98 Å². The number of hydrogen-bond acceptors (Lipinski definition) is 2. The summed E-state index contributed by atoms with van der Waals surface area (Å²) in [7, 11) is 0. The topological polar surface area (TPSA) is 73.4 Å². The zero-order chi connectivity index (χ0) is 14.3. The van der Waals surface area contributed by atoms with Gasteiger partial charge in [0.1, 0.15) is 0 Å². The average Bonchev–Trinajstić information content (AvgIpc) is 3.03. The monoisotopic (exact) mass is 272 g/mol. The maximum Gasteiger partial charge on any atom is 0.308 e. The molecule has 2 unspecified atom stereocenters. The van der Waals surface area contributed by atoms with Gasteiger partial charge in [-0.1, -0.05) is 6.07 Å². The molecule has 0 spiro atoms. The Hall–Kier alpha value is -2.30. The molecule has 1 aliphatic heterocycles. The number of hydrogen-bond donors (Lipinski definition) is 2. The predicted molar refractivity (Wildman–Crippen MR) is 74.5 cm³/mol. The highest BCUT2D eigenvalue weighted by molar-refractivity contribution is 6.06. The zero-order valence-electron chi connectivity index (χ0n) is 11.2. The quantitative estimate of drug-likeness (QED) is 0.879. The molecule has 104 valence electrons. The largest absolute Gasteiger partial charge is 0.481 e. The number of aromatic nitrogens is 1. The fraction of sp³-hybridized carbons (Fsp3) is 0.333. The van der Waals surface area contributed by atoms with Gasteiger partial charge in [-0.2, -0.15) is 0 Å². The Balaban J connectivity index is 1.94. The Morgan fingerprint density at radius 2 is 2.15 bits per heavy atom. The lowest BCUT2D eigenvalue weighted by Crippen LogP contribution is -2.37. The first-order chi connectivity index (χ1) is 9.59. The summed E-state index contributed by atoms with van der Waals surface area (Å²) in [5.74, 6) is -1.39. The van der Waals surface area contributed by atoms with Crippen LogP contribution in [0.2, 0.25) is 0 Å². The van der Waals surface area contributed by atoms with Gasteiger partial charge in [0.05, 0.1) is 5.92 Å². The standard InChI is InChI=1S/C15H16N2O3/c1-9-10(15(19)20)6-8-17(9)14(18)12-3-2-4-13-11(12)5-7-16-13/h2-5,7,9-10,16H,6,8H2,1H3,(H,19,20). The van der Waals surface area contributed by atoms with Crippen LogP contribution in [0, 0.1) is 5.92 Å². The number of nitrogens with one attached hydrogen (secondary N) is 1. The van der Waals surface area contributed by atoms with Crippen molar-refractivity contribution >= 4 is 22.8 Å². The third-order valence-corrected chi connectivity index (χ3v) is 4.16. The van der Waals surface area contributed by atoms with E-state index in [9.17, 15) is 9.59 Å². The molecular formula is C15H16N2O3. The molecule has 1 aromatic heterocycles. The predicted octanol–water partition coefficient (Wildman–Crippen LogP) is 2.10. The number of aliphatic carboxylic acids is 1. The molecule has 2 aromatic rings. The number of fused-ring (bicyclic) bond motifs is 1. The number of carboxylic acids is 1. The van der Waals surface area contributed by atoms with Gasteiger partial charge in [0.2, 0.25) is 0 Å². The van der Waals surface area contributed by atoms with Crippen LogP contribution in [-0.2, 0) is 4.79 Å². The van der Waals surface area contributed by atoms with E-state index in [4.69, 9.17) is 5.11 Å². The zero-order valence-corrected chi connectivity index (χ0v) is 11.2. The Kier molecular flexibility index (Phi) is 2.97. The van der Waals surface area contributed by atoms with E-state index < -0.39 is 11.9 Å². The highest BCUT2D eigenvalue weighted by Gasteiger charge is 2.38. The van der Waals surface area contributed by atoms with Gasteiger partial charge < -0.3 is 15.0 Å². The Morgan fingerprint density at radius 1 is 1.35 bits per heavy atom. The molecule has 1 fully saturated rings. The normalized spacial score (nSPS) is 22.4. The summed E-state index contributed by atoms with van der Waals surface area (Å²) in [4.78, 5) is 28.5. The van der Waals surface area contributed by atoms with E-state index in [1.807, 2.05) is 18.2 Å². The van der Waals surface area contributed by atoms with E-state index in [0.29, 0.717) is 18.5 Å². The Bertz CT molecular complexity index is 677. The average molecular weight is 272 g/mol. The van der Waals surface area contributed by atoms with E-state index >= 15 is 0 Å². The third kappa shape index (κ3) is 1.86. The van der Waals surface area contributed by atoms with E-state index in [1.165, 1.54) is 0 Å². The van der Waals surface area contributed by atoms with Crippen molar-refractivity contribution in [3.63, 3.8) is 0 Å². The maximum absolute atomic E-state index is 12.7. The summed E-state index contributed by atoms with van der Waals surface area (Å²) < 4.78 is 0. The summed E-state index contributed by atoms with van der Waals surface area (Å²) in [6.07, 6.45) is 2.32. The maximum atomic E-state index is 12.7. The molecule has 1 amide bonds. The number of aromatic amines is 1. The summed E-state index contributed by atoms with van der Waals surface area (Å²) >= 11 is 0. The van der Waals surface area contributed by atoms with Crippen LogP contribution in [0.15, 0.2) is 30.5 Å². The van der Waals surface area contributed by atoms with Crippen molar-refractivity contribution in [3.05, 3.63) is 36.0 Å². The van der Waals surface area contributed by atoms with Gasteiger partial charge in [0.25, 0.3) is 5.91 Å². The first-order valence-corrected chi connectivity index (χ1v) is 6.69. The second kappa shape index (κ2) is 4.67. The van der Waals surface area contributed by atoms with Crippen LogP contribution >= 0.6 is 0 Å². The van der Waals surface area contributed by atoms with Crippen molar-refractivity contribution in [2.24, 2.45) is 5.92 Å². The van der Waals surface area contributed by atoms with Gasteiger partial charge in [-0.15, -0.1) is 0 Å². The number of amides is 1. The van der Waals surface area contributed by atoms with Crippen molar-refractivity contribution < 1.29 is 14.7 Å². The molecule has 20 heavy (non-hydrogen) atoms. The summed E-state index contributed by atoms with van der Waals surface area (Å²) in [6, 6.07) is 7.15. The molecule has 5 nitrogen and oxygen atoms in total. The number of rotatable bonds is 2. The van der Waals surface area contributed by atoms with E-state index in [-0.39, 0.29) is 11.9 Å². The van der Waals surface area contributed by atoms with Crippen molar-refractivity contribution in [1.29, 1.82) is 0 Å². The van der Waals surface area contributed by atoms with Crippen molar-refractivity contribution in [3.8, 4) is 0 Å². The molecule has 0 bridgehead atoms. The van der Waals surface area contributed by atoms with Crippen LogP contribution in [0.25, 0.3) is 10.9 Å². The SMILES string of the molecule is CC1C(C(=O)O)CCN1C(=O)c1cccc2[nH]ccc12. The van der Waals surface area contributed by atoms with E-state index in [0.717, 1.165) is 10.9 Å². The number of nitrogens with zero attached hydrogens (tertiary/aromatic N) is 1. The van der Waals surface area contributed by atoms with Crippen LogP contribution in [0.5, 0.6) is 0 Å².